The van der Waals surface area contributed by atoms with Crippen LogP contribution in [-0.4, -0.2) is 33.4 Å². The molecule has 0 aliphatic carbocycles. The van der Waals surface area contributed by atoms with E-state index >= 15 is 0 Å². The summed E-state index contributed by atoms with van der Waals surface area (Å²) in [6.45, 7) is 6.37. The summed E-state index contributed by atoms with van der Waals surface area (Å²) < 4.78 is 21.3. The van der Waals surface area contributed by atoms with Gasteiger partial charge in [0.15, 0.2) is 11.5 Å². The van der Waals surface area contributed by atoms with Crippen LogP contribution in [0.4, 0.5) is 0 Å². The van der Waals surface area contributed by atoms with E-state index in [1.807, 2.05) is 12.1 Å². The Labute approximate surface area is 124 Å². The van der Waals surface area contributed by atoms with Crippen molar-refractivity contribution in [2.45, 2.75) is 13.0 Å². The molecule has 0 radical (unpaired) electrons. The van der Waals surface area contributed by atoms with Crippen LogP contribution >= 0.6 is 0 Å². The number of carbonyl (C=O) groups excluding carboxylic acids is 1. The van der Waals surface area contributed by atoms with Crippen molar-refractivity contribution in [3.63, 3.8) is 0 Å². The van der Waals surface area contributed by atoms with Gasteiger partial charge in [0, 0.05) is 0 Å². The SMILES string of the molecule is C=C1CO[C@H](c2ccc(OC)c(OC)c2)[C@H]1C(=O)OCC. The highest BCUT2D eigenvalue weighted by Gasteiger charge is 2.39. The lowest BCUT2D eigenvalue weighted by Gasteiger charge is -2.19. The average molecular weight is 292 g/mol. The van der Waals surface area contributed by atoms with Crippen LogP contribution < -0.4 is 9.47 Å². The molecule has 0 saturated carbocycles. The predicted octanol–water partition coefficient (Wildman–Crippen LogP) is 2.51. The number of methoxy groups -OCH3 is 2. The van der Waals surface area contributed by atoms with Crippen LogP contribution in [0.25, 0.3) is 0 Å². The summed E-state index contributed by atoms with van der Waals surface area (Å²) in [5.74, 6) is 0.437. The van der Waals surface area contributed by atoms with Gasteiger partial charge in [-0.25, -0.2) is 0 Å². The Morgan fingerprint density at radius 3 is 2.67 bits per heavy atom. The molecular formula is C16H20O5. The van der Waals surface area contributed by atoms with E-state index in [4.69, 9.17) is 18.9 Å². The molecule has 5 heteroatoms. The number of carbonyl (C=O) groups is 1. The van der Waals surface area contributed by atoms with Gasteiger partial charge in [0.25, 0.3) is 0 Å². The van der Waals surface area contributed by atoms with Gasteiger partial charge in [-0.05, 0) is 30.2 Å². The number of benzene rings is 1. The van der Waals surface area contributed by atoms with E-state index in [9.17, 15) is 4.79 Å². The second kappa shape index (κ2) is 6.63. The molecular weight excluding hydrogens is 272 g/mol. The molecule has 1 saturated heterocycles. The fourth-order valence-electron chi connectivity index (χ4n) is 2.44. The summed E-state index contributed by atoms with van der Waals surface area (Å²) in [5, 5.41) is 0. The molecule has 2 rings (SSSR count). The summed E-state index contributed by atoms with van der Waals surface area (Å²) in [6, 6.07) is 5.46. The van der Waals surface area contributed by atoms with Gasteiger partial charge in [-0.3, -0.25) is 4.79 Å². The number of ether oxygens (including phenoxy) is 4. The third kappa shape index (κ3) is 3.03. The Morgan fingerprint density at radius 2 is 2.05 bits per heavy atom. The molecule has 0 bridgehead atoms. The van der Waals surface area contributed by atoms with Crippen LogP contribution in [0.2, 0.25) is 0 Å². The quantitative estimate of drug-likeness (QED) is 0.616. The highest BCUT2D eigenvalue weighted by molar-refractivity contribution is 5.77. The van der Waals surface area contributed by atoms with Gasteiger partial charge in [-0.2, -0.15) is 0 Å². The summed E-state index contributed by atoms with van der Waals surface area (Å²) >= 11 is 0. The molecule has 0 aromatic heterocycles. The highest BCUT2D eigenvalue weighted by atomic mass is 16.5. The Hall–Kier alpha value is -2.01. The first-order chi connectivity index (χ1) is 10.1. The lowest BCUT2D eigenvalue weighted by Crippen LogP contribution is -2.22. The monoisotopic (exact) mass is 292 g/mol. The maximum absolute atomic E-state index is 12.1. The predicted molar refractivity (Wildman–Crippen MR) is 77.5 cm³/mol. The molecule has 114 valence electrons. The van der Waals surface area contributed by atoms with Crippen LogP contribution in [0.1, 0.15) is 18.6 Å². The fraction of sp³-hybridized carbons (Fsp3) is 0.438. The van der Waals surface area contributed by atoms with Crippen LogP contribution in [0.5, 0.6) is 11.5 Å². The van der Waals surface area contributed by atoms with Crippen LogP contribution in [0.3, 0.4) is 0 Å². The topological polar surface area (TPSA) is 54.0 Å². The van der Waals surface area contributed by atoms with Gasteiger partial charge >= 0.3 is 5.97 Å². The zero-order valence-electron chi connectivity index (χ0n) is 12.5. The van der Waals surface area contributed by atoms with Gasteiger partial charge < -0.3 is 18.9 Å². The van der Waals surface area contributed by atoms with Crippen molar-refractivity contribution in [2.24, 2.45) is 5.92 Å². The van der Waals surface area contributed by atoms with Crippen molar-refractivity contribution in [3.05, 3.63) is 35.9 Å². The molecule has 5 nitrogen and oxygen atoms in total. The van der Waals surface area contributed by atoms with Crippen LogP contribution in [-0.2, 0) is 14.3 Å². The smallest absolute Gasteiger partial charge is 0.316 e. The molecule has 1 aromatic rings. The molecule has 21 heavy (non-hydrogen) atoms. The maximum Gasteiger partial charge on any atom is 0.316 e. The van der Waals surface area contributed by atoms with Crippen molar-refractivity contribution < 1.29 is 23.7 Å². The maximum atomic E-state index is 12.1. The van der Waals surface area contributed by atoms with E-state index in [0.717, 1.165) is 11.1 Å². The first-order valence-electron chi connectivity index (χ1n) is 6.80. The van der Waals surface area contributed by atoms with Crippen LogP contribution in [0.15, 0.2) is 30.4 Å². The van der Waals surface area contributed by atoms with E-state index < -0.39 is 12.0 Å². The Bertz CT molecular complexity index is 537. The highest BCUT2D eigenvalue weighted by Crippen LogP contribution is 2.40. The number of hydrogen-bond donors (Lipinski definition) is 0. The molecule has 0 unspecified atom stereocenters. The molecule has 0 spiro atoms. The minimum Gasteiger partial charge on any atom is -0.493 e. The number of hydrogen-bond acceptors (Lipinski definition) is 5. The third-order valence-electron chi connectivity index (χ3n) is 3.47. The van der Waals surface area contributed by atoms with E-state index in [1.54, 1.807) is 27.2 Å². The zero-order valence-corrected chi connectivity index (χ0v) is 12.5. The number of esters is 1. The lowest BCUT2D eigenvalue weighted by atomic mass is 9.92. The van der Waals surface area contributed by atoms with Crippen molar-refractivity contribution in [3.8, 4) is 11.5 Å². The van der Waals surface area contributed by atoms with E-state index in [2.05, 4.69) is 6.58 Å². The molecule has 1 aliphatic rings. The van der Waals surface area contributed by atoms with Crippen molar-refractivity contribution >= 4 is 5.97 Å². The van der Waals surface area contributed by atoms with Crippen molar-refractivity contribution in [1.29, 1.82) is 0 Å². The van der Waals surface area contributed by atoms with Crippen molar-refractivity contribution in [1.82, 2.24) is 0 Å². The minimum atomic E-state index is -0.483. The average Bonchev–Trinajstić information content (AvgIpc) is 2.88. The molecule has 0 amide bonds. The summed E-state index contributed by atoms with van der Waals surface area (Å²) in [5.41, 5.74) is 1.57. The van der Waals surface area contributed by atoms with Gasteiger partial charge in [0.2, 0.25) is 0 Å². The summed E-state index contributed by atoms with van der Waals surface area (Å²) in [4.78, 5) is 12.1. The summed E-state index contributed by atoms with van der Waals surface area (Å²) in [6.07, 6.45) is -0.406. The minimum absolute atomic E-state index is 0.306. The Kier molecular flexibility index (Phi) is 4.85. The van der Waals surface area contributed by atoms with Gasteiger partial charge in [-0.15, -0.1) is 0 Å². The van der Waals surface area contributed by atoms with E-state index in [-0.39, 0.29) is 5.97 Å². The standard InChI is InChI=1S/C16H20O5/c1-5-20-16(17)14-10(2)9-21-15(14)11-6-7-12(18-3)13(8-11)19-4/h6-8,14-15H,2,5,9H2,1,3-4H3/t14-,15+/m0/s1. The molecule has 1 aromatic carbocycles. The zero-order chi connectivity index (χ0) is 15.4. The molecule has 1 aliphatic heterocycles. The second-order valence-corrected chi connectivity index (χ2v) is 4.73. The Balaban J connectivity index is 2.31. The fourth-order valence-corrected chi connectivity index (χ4v) is 2.44. The van der Waals surface area contributed by atoms with Crippen LogP contribution in [0, 0.1) is 5.92 Å². The van der Waals surface area contributed by atoms with E-state index in [1.165, 1.54) is 0 Å². The largest absolute Gasteiger partial charge is 0.493 e. The van der Waals surface area contributed by atoms with Gasteiger partial charge in [0.05, 0.1) is 27.4 Å². The molecule has 1 heterocycles. The normalized spacial score (nSPS) is 21.2. The number of rotatable bonds is 5. The van der Waals surface area contributed by atoms with E-state index in [0.29, 0.717) is 24.7 Å². The molecule has 1 fully saturated rings. The Morgan fingerprint density at radius 1 is 1.33 bits per heavy atom. The summed E-state index contributed by atoms with van der Waals surface area (Å²) in [7, 11) is 3.14. The van der Waals surface area contributed by atoms with Gasteiger partial charge in [0.1, 0.15) is 12.0 Å². The van der Waals surface area contributed by atoms with Crippen molar-refractivity contribution in [2.75, 3.05) is 27.4 Å². The lowest BCUT2D eigenvalue weighted by molar-refractivity contribution is -0.148. The first kappa shape index (κ1) is 15.4. The second-order valence-electron chi connectivity index (χ2n) is 4.73. The first-order valence-corrected chi connectivity index (χ1v) is 6.80. The third-order valence-corrected chi connectivity index (χ3v) is 3.47. The molecule has 2 atom stereocenters. The molecule has 0 N–H and O–H groups in total. The van der Waals surface area contributed by atoms with Gasteiger partial charge in [-0.1, -0.05) is 12.6 Å².